The predicted molar refractivity (Wildman–Crippen MR) is 74.9 cm³/mol. The molecular formula is C15H14O2S. The van der Waals surface area contributed by atoms with Crippen LogP contribution in [-0.4, -0.2) is 5.78 Å². The zero-order valence-corrected chi connectivity index (χ0v) is 10.9. The maximum atomic E-state index is 11.8. The van der Waals surface area contributed by atoms with Gasteiger partial charge in [-0.15, -0.1) is 11.3 Å². The van der Waals surface area contributed by atoms with Gasteiger partial charge in [0, 0.05) is 4.88 Å². The first-order valence-electron chi connectivity index (χ1n) is 5.81. The second-order valence-corrected chi connectivity index (χ2v) is 4.89. The molecule has 0 bridgehead atoms. The van der Waals surface area contributed by atoms with Crippen LogP contribution in [0.1, 0.15) is 27.2 Å². The maximum Gasteiger partial charge on any atom is 0.195 e. The number of thiophene rings is 1. The summed E-state index contributed by atoms with van der Waals surface area (Å²) in [6.07, 6.45) is 9.51. The van der Waals surface area contributed by atoms with Crippen molar-refractivity contribution in [3.8, 4) is 0 Å². The summed E-state index contributed by atoms with van der Waals surface area (Å²) in [4.78, 5) is 13.8. The van der Waals surface area contributed by atoms with Crippen LogP contribution in [-0.2, 0) is 6.42 Å². The molecule has 0 aromatic carbocycles. The Balaban J connectivity index is 1.94. The van der Waals surface area contributed by atoms with Gasteiger partial charge in [0.2, 0.25) is 0 Å². The fourth-order valence-corrected chi connectivity index (χ4v) is 2.33. The summed E-state index contributed by atoms with van der Waals surface area (Å²) in [5.74, 6) is 0.820. The molecule has 0 N–H and O–H groups in total. The smallest absolute Gasteiger partial charge is 0.195 e. The van der Waals surface area contributed by atoms with Crippen molar-refractivity contribution in [2.75, 3.05) is 0 Å². The standard InChI is InChI=1S/C15H14O2S/c1-2-13-9-10-15(18-13)14(16)8-4-3-6-12-7-5-11-17-12/h3-11H,2H2,1H3/b6-3+,8-4+. The predicted octanol–water partition coefficient (Wildman–Crippen LogP) is 4.36. The lowest BCUT2D eigenvalue weighted by molar-refractivity contribution is 0.105. The first kappa shape index (κ1) is 12.6. The lowest BCUT2D eigenvalue weighted by Gasteiger charge is -1.87. The largest absolute Gasteiger partial charge is 0.465 e. The molecule has 0 saturated heterocycles. The highest BCUT2D eigenvalue weighted by atomic mass is 32.1. The zero-order valence-electron chi connectivity index (χ0n) is 10.1. The normalized spacial score (nSPS) is 11.6. The van der Waals surface area contributed by atoms with E-state index in [-0.39, 0.29) is 5.78 Å². The number of furan rings is 1. The molecule has 0 fully saturated rings. The van der Waals surface area contributed by atoms with Crippen LogP contribution in [0.4, 0.5) is 0 Å². The van der Waals surface area contributed by atoms with E-state index in [4.69, 9.17) is 4.42 Å². The molecule has 3 heteroatoms. The van der Waals surface area contributed by atoms with E-state index in [9.17, 15) is 4.79 Å². The van der Waals surface area contributed by atoms with Gasteiger partial charge in [-0.2, -0.15) is 0 Å². The molecule has 0 unspecified atom stereocenters. The van der Waals surface area contributed by atoms with Gasteiger partial charge in [0.25, 0.3) is 0 Å². The quantitative estimate of drug-likeness (QED) is 0.453. The summed E-state index contributed by atoms with van der Waals surface area (Å²) in [6, 6.07) is 7.57. The summed E-state index contributed by atoms with van der Waals surface area (Å²) in [5, 5.41) is 0. The Kier molecular flexibility index (Phi) is 4.31. The number of rotatable bonds is 5. The monoisotopic (exact) mass is 258 g/mol. The van der Waals surface area contributed by atoms with Crippen molar-refractivity contribution in [3.05, 3.63) is 64.3 Å². The van der Waals surface area contributed by atoms with Gasteiger partial charge in [-0.1, -0.05) is 19.1 Å². The second-order valence-electron chi connectivity index (χ2n) is 3.72. The molecule has 2 rings (SSSR count). The van der Waals surface area contributed by atoms with E-state index in [1.807, 2.05) is 30.3 Å². The number of aryl methyl sites for hydroxylation is 1. The van der Waals surface area contributed by atoms with Gasteiger partial charge < -0.3 is 4.42 Å². The number of carbonyl (C=O) groups is 1. The third kappa shape index (κ3) is 3.31. The van der Waals surface area contributed by atoms with Gasteiger partial charge in [0.15, 0.2) is 5.78 Å². The molecule has 0 amide bonds. The molecule has 0 radical (unpaired) electrons. The lowest BCUT2D eigenvalue weighted by atomic mass is 10.2. The zero-order chi connectivity index (χ0) is 12.8. The molecule has 0 spiro atoms. The highest BCUT2D eigenvalue weighted by Gasteiger charge is 2.04. The summed E-state index contributed by atoms with van der Waals surface area (Å²) in [7, 11) is 0. The van der Waals surface area contributed by atoms with Crippen LogP contribution in [0.3, 0.4) is 0 Å². The van der Waals surface area contributed by atoms with Crippen LogP contribution in [0.25, 0.3) is 6.08 Å². The fourth-order valence-electron chi connectivity index (χ4n) is 1.46. The van der Waals surface area contributed by atoms with Crippen molar-refractivity contribution in [1.29, 1.82) is 0 Å². The van der Waals surface area contributed by atoms with E-state index in [0.29, 0.717) is 0 Å². The van der Waals surface area contributed by atoms with Crippen LogP contribution in [0.5, 0.6) is 0 Å². The van der Waals surface area contributed by atoms with Crippen molar-refractivity contribution >= 4 is 23.2 Å². The molecular weight excluding hydrogens is 244 g/mol. The molecule has 2 heterocycles. The van der Waals surface area contributed by atoms with E-state index < -0.39 is 0 Å². The topological polar surface area (TPSA) is 30.2 Å². The minimum atomic E-state index is 0.0452. The SMILES string of the molecule is CCc1ccc(C(=O)/C=C/C=C/c2ccco2)s1. The van der Waals surface area contributed by atoms with Gasteiger partial charge in [-0.25, -0.2) is 0 Å². The Morgan fingerprint density at radius 2 is 2.22 bits per heavy atom. The summed E-state index contributed by atoms with van der Waals surface area (Å²) in [6.45, 7) is 2.09. The molecule has 2 aromatic rings. The highest BCUT2D eigenvalue weighted by molar-refractivity contribution is 7.14. The van der Waals surface area contributed by atoms with Gasteiger partial charge in [-0.05, 0) is 42.8 Å². The van der Waals surface area contributed by atoms with Gasteiger partial charge in [0.05, 0.1) is 11.1 Å². The molecule has 2 nitrogen and oxygen atoms in total. The van der Waals surface area contributed by atoms with E-state index >= 15 is 0 Å². The number of ketones is 1. The van der Waals surface area contributed by atoms with Crippen molar-refractivity contribution in [3.63, 3.8) is 0 Å². The van der Waals surface area contributed by atoms with E-state index in [1.165, 1.54) is 4.88 Å². The fraction of sp³-hybridized carbons (Fsp3) is 0.133. The average molecular weight is 258 g/mol. The van der Waals surface area contributed by atoms with Crippen LogP contribution in [0.15, 0.2) is 53.2 Å². The van der Waals surface area contributed by atoms with Crippen LogP contribution in [0.2, 0.25) is 0 Å². The van der Waals surface area contributed by atoms with Crippen molar-refractivity contribution in [2.24, 2.45) is 0 Å². The van der Waals surface area contributed by atoms with Crippen LogP contribution in [0, 0.1) is 0 Å². The Morgan fingerprint density at radius 1 is 1.33 bits per heavy atom. The molecule has 0 aliphatic heterocycles. The summed E-state index contributed by atoms with van der Waals surface area (Å²) >= 11 is 1.55. The Labute approximate surface area is 110 Å². The lowest BCUT2D eigenvalue weighted by Crippen LogP contribution is -1.87. The number of hydrogen-bond donors (Lipinski definition) is 0. The van der Waals surface area contributed by atoms with E-state index in [0.717, 1.165) is 17.1 Å². The molecule has 0 aliphatic carbocycles. The molecule has 18 heavy (non-hydrogen) atoms. The third-order valence-electron chi connectivity index (χ3n) is 2.42. The minimum absolute atomic E-state index is 0.0452. The van der Waals surface area contributed by atoms with E-state index in [1.54, 1.807) is 35.8 Å². The van der Waals surface area contributed by atoms with Gasteiger partial charge in [-0.3, -0.25) is 4.79 Å². The highest BCUT2D eigenvalue weighted by Crippen LogP contribution is 2.17. The number of carbonyl (C=O) groups excluding carboxylic acids is 1. The maximum absolute atomic E-state index is 11.8. The average Bonchev–Trinajstić information content (AvgIpc) is 3.05. The Morgan fingerprint density at radius 3 is 2.89 bits per heavy atom. The van der Waals surface area contributed by atoms with Crippen LogP contribution >= 0.6 is 11.3 Å². The first-order chi connectivity index (χ1) is 8.79. The molecule has 0 saturated carbocycles. The summed E-state index contributed by atoms with van der Waals surface area (Å²) < 4.78 is 5.14. The second kappa shape index (κ2) is 6.17. The molecule has 2 aromatic heterocycles. The van der Waals surface area contributed by atoms with Gasteiger partial charge in [0.1, 0.15) is 5.76 Å². The Bertz CT molecular complexity index is 559. The summed E-state index contributed by atoms with van der Waals surface area (Å²) in [5.41, 5.74) is 0. The van der Waals surface area contributed by atoms with Gasteiger partial charge >= 0.3 is 0 Å². The molecule has 0 aliphatic rings. The number of hydrogen-bond acceptors (Lipinski definition) is 3. The molecule has 0 atom stereocenters. The number of allylic oxidation sites excluding steroid dienone is 3. The first-order valence-corrected chi connectivity index (χ1v) is 6.62. The Hall–Kier alpha value is -1.87. The molecule has 92 valence electrons. The van der Waals surface area contributed by atoms with Crippen molar-refractivity contribution in [2.45, 2.75) is 13.3 Å². The van der Waals surface area contributed by atoms with Crippen molar-refractivity contribution in [1.82, 2.24) is 0 Å². The van der Waals surface area contributed by atoms with E-state index in [2.05, 4.69) is 6.92 Å². The third-order valence-corrected chi connectivity index (χ3v) is 3.66. The minimum Gasteiger partial charge on any atom is -0.465 e. The van der Waals surface area contributed by atoms with Crippen molar-refractivity contribution < 1.29 is 9.21 Å². The van der Waals surface area contributed by atoms with Crippen LogP contribution < -0.4 is 0 Å².